The normalized spacial score (nSPS) is 13.4. The van der Waals surface area contributed by atoms with Crippen LogP contribution in [0.15, 0.2) is 48.5 Å². The summed E-state index contributed by atoms with van der Waals surface area (Å²) in [5.41, 5.74) is 2.57. The van der Waals surface area contributed by atoms with Crippen molar-refractivity contribution in [2.45, 2.75) is 13.8 Å². The first-order valence-corrected chi connectivity index (χ1v) is 8.48. The largest absolute Gasteiger partial charge is 0.484 e. The molecule has 5 heteroatoms. The zero-order chi connectivity index (χ0) is 17.8. The molecule has 0 aliphatic carbocycles. The molecule has 1 amide bonds. The van der Waals surface area contributed by atoms with Gasteiger partial charge in [-0.05, 0) is 38.1 Å². The van der Waals surface area contributed by atoms with Crippen LogP contribution in [0, 0.1) is 0 Å². The van der Waals surface area contributed by atoms with Gasteiger partial charge >= 0.3 is 0 Å². The predicted molar refractivity (Wildman–Crippen MR) is 98.6 cm³/mol. The van der Waals surface area contributed by atoms with Crippen LogP contribution in [-0.2, 0) is 4.79 Å². The summed E-state index contributed by atoms with van der Waals surface area (Å²) in [6, 6.07) is 14.8. The Morgan fingerprint density at radius 1 is 1.04 bits per heavy atom. The highest BCUT2D eigenvalue weighted by molar-refractivity contribution is 5.99. The molecule has 0 N–H and O–H groups in total. The zero-order valence-corrected chi connectivity index (χ0v) is 14.6. The molecule has 0 bridgehead atoms. The standard InChI is InChI=1S/C20H22N2O3/c1-3-21-11-12-22(19-10-5-4-9-18(19)21)20(24)14-25-17-8-6-7-16(13-17)15(2)23/h4-10,13H,3,11-12,14H2,1-2H3. The number of hydrogen-bond acceptors (Lipinski definition) is 4. The van der Waals surface area contributed by atoms with Crippen LogP contribution in [0.4, 0.5) is 11.4 Å². The number of benzene rings is 2. The molecule has 25 heavy (non-hydrogen) atoms. The average molecular weight is 338 g/mol. The molecule has 1 aliphatic heterocycles. The molecule has 3 rings (SSSR count). The molecule has 2 aromatic carbocycles. The quantitative estimate of drug-likeness (QED) is 0.786. The summed E-state index contributed by atoms with van der Waals surface area (Å²) in [7, 11) is 0. The van der Waals surface area contributed by atoms with Crippen molar-refractivity contribution < 1.29 is 14.3 Å². The molecule has 0 unspecified atom stereocenters. The van der Waals surface area contributed by atoms with Gasteiger partial charge in [0.1, 0.15) is 5.75 Å². The summed E-state index contributed by atoms with van der Waals surface area (Å²) in [5.74, 6) is 0.416. The molecule has 2 aromatic rings. The van der Waals surface area contributed by atoms with E-state index in [0.717, 1.165) is 24.5 Å². The minimum absolute atomic E-state index is 0.0265. The van der Waals surface area contributed by atoms with E-state index in [0.29, 0.717) is 17.9 Å². The van der Waals surface area contributed by atoms with Crippen molar-refractivity contribution in [2.75, 3.05) is 36.0 Å². The molecule has 0 saturated carbocycles. The number of carbonyl (C=O) groups excluding carboxylic acids is 2. The number of hydrogen-bond donors (Lipinski definition) is 0. The predicted octanol–water partition coefficient (Wildman–Crippen LogP) is 3.14. The maximum atomic E-state index is 12.7. The second-order valence-electron chi connectivity index (χ2n) is 5.99. The summed E-state index contributed by atoms with van der Waals surface area (Å²) < 4.78 is 5.62. The monoisotopic (exact) mass is 338 g/mol. The van der Waals surface area contributed by atoms with Crippen molar-refractivity contribution in [3.05, 3.63) is 54.1 Å². The van der Waals surface area contributed by atoms with Gasteiger partial charge < -0.3 is 14.5 Å². The summed E-state index contributed by atoms with van der Waals surface area (Å²) >= 11 is 0. The van der Waals surface area contributed by atoms with Crippen LogP contribution in [0.5, 0.6) is 5.75 Å². The molecule has 1 heterocycles. The number of amides is 1. The number of fused-ring (bicyclic) bond motifs is 1. The van der Waals surface area contributed by atoms with Crippen molar-refractivity contribution in [2.24, 2.45) is 0 Å². The number of rotatable bonds is 5. The Balaban J connectivity index is 1.72. The van der Waals surface area contributed by atoms with Crippen molar-refractivity contribution in [1.29, 1.82) is 0 Å². The van der Waals surface area contributed by atoms with Gasteiger partial charge in [0, 0.05) is 25.2 Å². The Hall–Kier alpha value is -2.82. The van der Waals surface area contributed by atoms with E-state index in [1.54, 1.807) is 29.2 Å². The fourth-order valence-electron chi connectivity index (χ4n) is 3.04. The lowest BCUT2D eigenvalue weighted by Crippen LogP contribution is -2.45. The Labute approximate surface area is 147 Å². The number of nitrogens with zero attached hydrogens (tertiary/aromatic N) is 2. The Bertz CT molecular complexity index is 788. The molecule has 0 saturated heterocycles. The Morgan fingerprint density at radius 3 is 2.52 bits per heavy atom. The van der Waals surface area contributed by atoms with Crippen molar-refractivity contribution >= 4 is 23.1 Å². The fourth-order valence-corrected chi connectivity index (χ4v) is 3.04. The topological polar surface area (TPSA) is 49.9 Å². The number of likely N-dealkylation sites (N-methyl/N-ethyl adjacent to an activating group) is 1. The third-order valence-electron chi connectivity index (χ3n) is 4.39. The molecule has 0 aromatic heterocycles. The summed E-state index contributed by atoms with van der Waals surface area (Å²) in [4.78, 5) is 28.1. The number of ketones is 1. The highest BCUT2D eigenvalue weighted by atomic mass is 16.5. The molecule has 0 spiro atoms. The van der Waals surface area contributed by atoms with Gasteiger partial charge in [0.15, 0.2) is 12.4 Å². The Morgan fingerprint density at radius 2 is 1.80 bits per heavy atom. The first-order valence-electron chi connectivity index (χ1n) is 8.48. The van der Waals surface area contributed by atoms with Gasteiger partial charge in [-0.2, -0.15) is 0 Å². The van der Waals surface area contributed by atoms with Gasteiger partial charge in [0.25, 0.3) is 5.91 Å². The van der Waals surface area contributed by atoms with Gasteiger partial charge in [-0.15, -0.1) is 0 Å². The van der Waals surface area contributed by atoms with Gasteiger partial charge in [-0.25, -0.2) is 0 Å². The van der Waals surface area contributed by atoms with Gasteiger partial charge in [0.2, 0.25) is 0 Å². The smallest absolute Gasteiger partial charge is 0.265 e. The van der Waals surface area contributed by atoms with E-state index in [-0.39, 0.29) is 18.3 Å². The number of carbonyl (C=O) groups is 2. The molecule has 0 radical (unpaired) electrons. The summed E-state index contributed by atoms with van der Waals surface area (Å²) in [5, 5.41) is 0. The maximum Gasteiger partial charge on any atom is 0.265 e. The number of anilines is 2. The molecule has 0 atom stereocenters. The van der Waals surface area contributed by atoms with E-state index in [2.05, 4.69) is 11.8 Å². The highest BCUT2D eigenvalue weighted by Gasteiger charge is 2.25. The molecular formula is C20H22N2O3. The van der Waals surface area contributed by atoms with Gasteiger partial charge in [0.05, 0.1) is 11.4 Å². The number of ether oxygens (including phenoxy) is 1. The SMILES string of the molecule is CCN1CCN(C(=O)COc2cccc(C(C)=O)c2)c2ccccc21. The van der Waals surface area contributed by atoms with Crippen LogP contribution in [0.1, 0.15) is 24.2 Å². The first-order chi connectivity index (χ1) is 12.1. The van der Waals surface area contributed by atoms with E-state index in [9.17, 15) is 9.59 Å². The van der Waals surface area contributed by atoms with Crippen molar-refractivity contribution in [1.82, 2.24) is 0 Å². The van der Waals surface area contributed by atoms with Crippen LogP contribution in [0.2, 0.25) is 0 Å². The molecule has 0 fully saturated rings. The zero-order valence-electron chi connectivity index (χ0n) is 14.6. The van der Waals surface area contributed by atoms with E-state index >= 15 is 0 Å². The average Bonchev–Trinajstić information content (AvgIpc) is 2.65. The van der Waals surface area contributed by atoms with E-state index < -0.39 is 0 Å². The van der Waals surface area contributed by atoms with Crippen molar-refractivity contribution in [3.63, 3.8) is 0 Å². The number of Topliss-reactive ketones (excluding diaryl/α,β-unsaturated/α-hetero) is 1. The lowest BCUT2D eigenvalue weighted by molar-refractivity contribution is -0.120. The van der Waals surface area contributed by atoms with Crippen LogP contribution < -0.4 is 14.5 Å². The molecule has 130 valence electrons. The van der Waals surface area contributed by atoms with Gasteiger partial charge in [-0.1, -0.05) is 24.3 Å². The van der Waals surface area contributed by atoms with Gasteiger partial charge in [-0.3, -0.25) is 9.59 Å². The van der Waals surface area contributed by atoms with E-state index in [1.807, 2.05) is 24.3 Å². The third-order valence-corrected chi connectivity index (χ3v) is 4.39. The van der Waals surface area contributed by atoms with Crippen LogP contribution in [-0.4, -0.2) is 37.9 Å². The third kappa shape index (κ3) is 3.65. The maximum absolute atomic E-state index is 12.7. The molecule has 1 aliphatic rings. The Kier molecular flexibility index (Phi) is 5.03. The molecule has 5 nitrogen and oxygen atoms in total. The fraction of sp³-hybridized carbons (Fsp3) is 0.300. The molecular weight excluding hydrogens is 316 g/mol. The number of para-hydroxylation sites is 2. The first kappa shape index (κ1) is 17.0. The second-order valence-corrected chi connectivity index (χ2v) is 5.99. The van der Waals surface area contributed by atoms with E-state index in [1.165, 1.54) is 6.92 Å². The lowest BCUT2D eigenvalue weighted by atomic mass is 10.1. The second kappa shape index (κ2) is 7.38. The minimum atomic E-state index is -0.0866. The summed E-state index contributed by atoms with van der Waals surface area (Å²) in [6.07, 6.45) is 0. The van der Waals surface area contributed by atoms with Crippen LogP contribution >= 0.6 is 0 Å². The van der Waals surface area contributed by atoms with E-state index in [4.69, 9.17) is 4.74 Å². The lowest BCUT2D eigenvalue weighted by Gasteiger charge is -2.37. The van der Waals surface area contributed by atoms with Crippen LogP contribution in [0.3, 0.4) is 0 Å². The minimum Gasteiger partial charge on any atom is -0.484 e. The summed E-state index contributed by atoms with van der Waals surface area (Å²) in [6.45, 7) is 5.92. The highest BCUT2D eigenvalue weighted by Crippen LogP contribution is 2.32. The van der Waals surface area contributed by atoms with Crippen molar-refractivity contribution in [3.8, 4) is 5.75 Å². The van der Waals surface area contributed by atoms with Crippen LogP contribution in [0.25, 0.3) is 0 Å².